The van der Waals surface area contributed by atoms with Gasteiger partial charge in [-0.25, -0.2) is 0 Å². The summed E-state index contributed by atoms with van der Waals surface area (Å²) in [5.41, 5.74) is 0. The van der Waals surface area contributed by atoms with Crippen LogP contribution >= 0.6 is 0 Å². The van der Waals surface area contributed by atoms with Crippen LogP contribution in [0, 0.1) is 5.92 Å². The van der Waals surface area contributed by atoms with E-state index in [1.54, 1.807) is 0 Å². The average Bonchev–Trinajstić information content (AvgIpc) is 2.81. The summed E-state index contributed by atoms with van der Waals surface area (Å²) < 4.78 is 5.33. The number of carbonyl (C=O) groups excluding carboxylic acids is 1. The Hall–Kier alpha value is -0.610. The molecule has 16 heavy (non-hydrogen) atoms. The number of rotatable bonds is 4. The van der Waals surface area contributed by atoms with Crippen LogP contribution in [-0.4, -0.2) is 38.3 Å². The Kier molecular flexibility index (Phi) is 4.60. The summed E-state index contributed by atoms with van der Waals surface area (Å²) in [5, 5.41) is 6.33. The molecule has 92 valence electrons. The van der Waals surface area contributed by atoms with E-state index < -0.39 is 0 Å². The molecular weight excluding hydrogens is 204 g/mol. The molecule has 2 N–H and O–H groups in total. The van der Waals surface area contributed by atoms with Crippen molar-refractivity contribution >= 4 is 5.91 Å². The van der Waals surface area contributed by atoms with Crippen molar-refractivity contribution in [1.29, 1.82) is 0 Å². The summed E-state index contributed by atoms with van der Waals surface area (Å²) in [5.74, 6) is 0.842. The Morgan fingerprint density at radius 1 is 1.38 bits per heavy atom. The third kappa shape index (κ3) is 3.76. The molecule has 2 aliphatic rings. The van der Waals surface area contributed by atoms with Crippen molar-refractivity contribution in [1.82, 2.24) is 10.6 Å². The summed E-state index contributed by atoms with van der Waals surface area (Å²) >= 11 is 0. The van der Waals surface area contributed by atoms with Crippen molar-refractivity contribution in [2.75, 3.05) is 26.3 Å². The zero-order chi connectivity index (χ0) is 11.2. The molecule has 1 atom stereocenters. The smallest absolute Gasteiger partial charge is 0.220 e. The zero-order valence-corrected chi connectivity index (χ0v) is 9.84. The van der Waals surface area contributed by atoms with E-state index in [4.69, 9.17) is 4.74 Å². The molecule has 0 aromatic carbocycles. The van der Waals surface area contributed by atoms with Crippen molar-refractivity contribution in [3.8, 4) is 0 Å². The molecule has 1 heterocycles. The predicted molar refractivity (Wildman–Crippen MR) is 62.2 cm³/mol. The van der Waals surface area contributed by atoms with E-state index in [1.807, 2.05) is 0 Å². The third-order valence-corrected chi connectivity index (χ3v) is 3.49. The first kappa shape index (κ1) is 11.9. The van der Waals surface area contributed by atoms with Crippen LogP contribution < -0.4 is 10.6 Å². The molecule has 1 amide bonds. The molecule has 2 fully saturated rings. The molecule has 1 saturated heterocycles. The third-order valence-electron chi connectivity index (χ3n) is 3.49. The normalized spacial score (nSPS) is 26.9. The molecule has 0 aromatic heterocycles. The number of hydrogen-bond donors (Lipinski definition) is 2. The molecule has 0 bridgehead atoms. The molecule has 1 aliphatic heterocycles. The van der Waals surface area contributed by atoms with Gasteiger partial charge in [0, 0.05) is 25.6 Å². The first-order valence-electron chi connectivity index (χ1n) is 6.42. The number of hydrogen-bond acceptors (Lipinski definition) is 3. The average molecular weight is 226 g/mol. The van der Waals surface area contributed by atoms with Crippen LogP contribution in [-0.2, 0) is 9.53 Å². The largest absolute Gasteiger partial charge is 0.378 e. The fraction of sp³-hybridized carbons (Fsp3) is 0.917. The van der Waals surface area contributed by atoms with Crippen LogP contribution in [0.25, 0.3) is 0 Å². The van der Waals surface area contributed by atoms with Crippen molar-refractivity contribution in [2.45, 2.75) is 38.1 Å². The molecule has 1 saturated carbocycles. The maximum Gasteiger partial charge on any atom is 0.220 e. The van der Waals surface area contributed by atoms with Gasteiger partial charge in [-0.15, -0.1) is 0 Å². The number of nitrogens with one attached hydrogen (secondary N) is 2. The second-order valence-electron chi connectivity index (χ2n) is 4.88. The lowest BCUT2D eigenvalue weighted by Gasteiger charge is -2.24. The number of carbonyl (C=O) groups is 1. The van der Waals surface area contributed by atoms with E-state index in [0.29, 0.717) is 31.5 Å². The number of morpholine rings is 1. The van der Waals surface area contributed by atoms with Gasteiger partial charge in [0.05, 0.1) is 13.2 Å². The van der Waals surface area contributed by atoms with E-state index in [9.17, 15) is 4.79 Å². The molecular formula is C12H22N2O2. The van der Waals surface area contributed by atoms with Gasteiger partial charge < -0.3 is 15.4 Å². The monoisotopic (exact) mass is 226 g/mol. The van der Waals surface area contributed by atoms with Crippen LogP contribution in [0.2, 0.25) is 0 Å². The van der Waals surface area contributed by atoms with Gasteiger partial charge >= 0.3 is 0 Å². The van der Waals surface area contributed by atoms with Gasteiger partial charge in [-0.3, -0.25) is 4.79 Å². The zero-order valence-electron chi connectivity index (χ0n) is 9.84. The van der Waals surface area contributed by atoms with E-state index in [-0.39, 0.29) is 5.91 Å². The molecule has 1 aliphatic carbocycles. The van der Waals surface area contributed by atoms with Crippen LogP contribution in [0.15, 0.2) is 0 Å². The fourth-order valence-corrected chi connectivity index (χ4v) is 2.54. The quantitative estimate of drug-likeness (QED) is 0.741. The lowest BCUT2D eigenvalue weighted by atomic mass is 10.0. The topological polar surface area (TPSA) is 50.4 Å². The van der Waals surface area contributed by atoms with Gasteiger partial charge in [0.1, 0.15) is 0 Å². The standard InChI is InChI=1S/C12H22N2O2/c15-12(7-10-3-1-2-4-10)14-8-11-9-16-6-5-13-11/h10-11,13H,1-9H2,(H,14,15). The second-order valence-corrected chi connectivity index (χ2v) is 4.88. The lowest BCUT2D eigenvalue weighted by molar-refractivity contribution is -0.122. The summed E-state index contributed by atoms with van der Waals surface area (Å²) in [6, 6.07) is 0.293. The van der Waals surface area contributed by atoms with Crippen LogP contribution in [0.3, 0.4) is 0 Å². The Balaban J connectivity index is 1.59. The van der Waals surface area contributed by atoms with Gasteiger partial charge in [-0.05, 0) is 18.8 Å². The number of amides is 1. The van der Waals surface area contributed by atoms with Gasteiger partial charge in [0.15, 0.2) is 0 Å². The summed E-state index contributed by atoms with van der Waals surface area (Å²) in [6.07, 6.45) is 5.79. The van der Waals surface area contributed by atoms with Gasteiger partial charge in [0.2, 0.25) is 5.91 Å². The Bertz CT molecular complexity index is 221. The summed E-state index contributed by atoms with van der Waals surface area (Å²) in [7, 11) is 0. The highest BCUT2D eigenvalue weighted by molar-refractivity contribution is 5.76. The van der Waals surface area contributed by atoms with Crippen molar-refractivity contribution in [3.63, 3.8) is 0 Å². The SMILES string of the molecule is O=C(CC1CCCC1)NCC1COCCN1. The first-order chi connectivity index (χ1) is 7.84. The highest BCUT2D eigenvalue weighted by Crippen LogP contribution is 2.27. The Morgan fingerprint density at radius 3 is 2.88 bits per heavy atom. The fourth-order valence-electron chi connectivity index (χ4n) is 2.54. The van der Waals surface area contributed by atoms with E-state index in [0.717, 1.165) is 13.2 Å². The minimum Gasteiger partial charge on any atom is -0.378 e. The summed E-state index contributed by atoms with van der Waals surface area (Å²) in [6.45, 7) is 3.09. The predicted octanol–water partition coefficient (Wildman–Crippen LogP) is 0.671. The maximum atomic E-state index is 11.7. The first-order valence-corrected chi connectivity index (χ1v) is 6.42. The van der Waals surface area contributed by atoms with Gasteiger partial charge in [-0.2, -0.15) is 0 Å². The second kappa shape index (κ2) is 6.21. The summed E-state index contributed by atoms with van der Waals surface area (Å²) in [4.78, 5) is 11.7. The van der Waals surface area contributed by atoms with E-state index in [2.05, 4.69) is 10.6 Å². The molecule has 0 spiro atoms. The van der Waals surface area contributed by atoms with Gasteiger partial charge in [0.25, 0.3) is 0 Å². The van der Waals surface area contributed by atoms with Crippen LogP contribution in [0.5, 0.6) is 0 Å². The molecule has 2 rings (SSSR count). The molecule has 0 aromatic rings. The van der Waals surface area contributed by atoms with Crippen molar-refractivity contribution in [2.24, 2.45) is 5.92 Å². The van der Waals surface area contributed by atoms with Crippen molar-refractivity contribution < 1.29 is 9.53 Å². The van der Waals surface area contributed by atoms with E-state index >= 15 is 0 Å². The highest BCUT2D eigenvalue weighted by atomic mass is 16.5. The Labute approximate surface area is 97.1 Å². The molecule has 4 heteroatoms. The number of ether oxygens (including phenoxy) is 1. The van der Waals surface area contributed by atoms with Crippen LogP contribution in [0.4, 0.5) is 0 Å². The maximum absolute atomic E-state index is 11.7. The van der Waals surface area contributed by atoms with E-state index in [1.165, 1.54) is 25.7 Å². The minimum absolute atomic E-state index is 0.208. The van der Waals surface area contributed by atoms with Gasteiger partial charge in [-0.1, -0.05) is 12.8 Å². The highest BCUT2D eigenvalue weighted by Gasteiger charge is 2.19. The lowest BCUT2D eigenvalue weighted by Crippen LogP contribution is -2.48. The van der Waals surface area contributed by atoms with Crippen LogP contribution in [0.1, 0.15) is 32.1 Å². The Morgan fingerprint density at radius 2 is 2.19 bits per heavy atom. The molecule has 0 radical (unpaired) electrons. The van der Waals surface area contributed by atoms with Crippen molar-refractivity contribution in [3.05, 3.63) is 0 Å². The molecule has 1 unspecified atom stereocenters. The minimum atomic E-state index is 0.208. The molecule has 4 nitrogen and oxygen atoms in total.